The molecule has 0 saturated heterocycles. The van der Waals surface area contributed by atoms with Gasteiger partial charge in [0.05, 0.1) is 0 Å². The SMILES string of the molecule is CCNC(=O)C(Cc1ccccc1)N(Cc1cccc(Cl)c1)C(=O)COc1cccc(Cl)c1. The van der Waals surface area contributed by atoms with E-state index >= 15 is 0 Å². The highest BCUT2D eigenvalue weighted by molar-refractivity contribution is 6.30. The zero-order chi connectivity index (χ0) is 23.6. The number of nitrogens with one attached hydrogen (secondary N) is 1. The van der Waals surface area contributed by atoms with E-state index in [-0.39, 0.29) is 25.0 Å². The molecular weight excluding hydrogens is 459 g/mol. The van der Waals surface area contributed by atoms with Gasteiger partial charge in [0.1, 0.15) is 11.8 Å². The maximum absolute atomic E-state index is 13.4. The summed E-state index contributed by atoms with van der Waals surface area (Å²) < 4.78 is 5.70. The summed E-state index contributed by atoms with van der Waals surface area (Å²) in [7, 11) is 0. The Kier molecular flexibility index (Phi) is 9.16. The van der Waals surface area contributed by atoms with Crippen molar-refractivity contribution >= 4 is 35.0 Å². The lowest BCUT2D eigenvalue weighted by Gasteiger charge is -2.31. The van der Waals surface area contributed by atoms with Gasteiger partial charge in [0.25, 0.3) is 5.91 Å². The highest BCUT2D eigenvalue weighted by atomic mass is 35.5. The van der Waals surface area contributed by atoms with E-state index < -0.39 is 6.04 Å². The van der Waals surface area contributed by atoms with Crippen LogP contribution >= 0.6 is 23.2 Å². The quantitative estimate of drug-likeness (QED) is 0.432. The predicted octanol–water partition coefficient (Wildman–Crippen LogP) is 5.15. The second-order valence-electron chi connectivity index (χ2n) is 7.50. The average molecular weight is 485 g/mol. The maximum atomic E-state index is 13.4. The Balaban J connectivity index is 1.89. The third-order valence-corrected chi connectivity index (χ3v) is 5.49. The number of halogens is 2. The first-order valence-corrected chi connectivity index (χ1v) is 11.5. The van der Waals surface area contributed by atoms with E-state index in [4.69, 9.17) is 27.9 Å². The van der Waals surface area contributed by atoms with Crippen LogP contribution < -0.4 is 10.1 Å². The van der Waals surface area contributed by atoms with Gasteiger partial charge in [0.15, 0.2) is 6.61 Å². The maximum Gasteiger partial charge on any atom is 0.261 e. The number of rotatable bonds is 10. The molecule has 7 heteroatoms. The molecule has 0 spiro atoms. The Morgan fingerprint density at radius 1 is 0.909 bits per heavy atom. The van der Waals surface area contributed by atoms with Gasteiger partial charge < -0.3 is 15.0 Å². The van der Waals surface area contributed by atoms with Gasteiger partial charge in [-0.25, -0.2) is 0 Å². The molecule has 0 bridgehead atoms. The van der Waals surface area contributed by atoms with Crippen molar-refractivity contribution in [3.05, 3.63) is 100 Å². The summed E-state index contributed by atoms with van der Waals surface area (Å²) >= 11 is 12.2. The minimum Gasteiger partial charge on any atom is -0.484 e. The second kappa shape index (κ2) is 12.3. The topological polar surface area (TPSA) is 58.6 Å². The Bertz CT molecular complexity index is 1080. The predicted molar refractivity (Wildman–Crippen MR) is 132 cm³/mol. The first-order chi connectivity index (χ1) is 16.0. The molecule has 5 nitrogen and oxygen atoms in total. The molecule has 0 aliphatic carbocycles. The van der Waals surface area contributed by atoms with Gasteiger partial charge in [-0.15, -0.1) is 0 Å². The summed E-state index contributed by atoms with van der Waals surface area (Å²) in [6, 6.07) is 23.0. The molecule has 3 aromatic carbocycles. The lowest BCUT2D eigenvalue weighted by molar-refractivity contribution is -0.142. The molecule has 0 saturated carbocycles. The van der Waals surface area contributed by atoms with E-state index in [0.717, 1.165) is 11.1 Å². The van der Waals surface area contributed by atoms with Gasteiger partial charge in [0.2, 0.25) is 5.91 Å². The third-order valence-electron chi connectivity index (χ3n) is 5.02. The smallest absolute Gasteiger partial charge is 0.261 e. The van der Waals surface area contributed by atoms with E-state index in [1.54, 1.807) is 41.3 Å². The van der Waals surface area contributed by atoms with Gasteiger partial charge >= 0.3 is 0 Å². The van der Waals surface area contributed by atoms with E-state index in [9.17, 15) is 9.59 Å². The van der Waals surface area contributed by atoms with E-state index in [2.05, 4.69) is 5.32 Å². The van der Waals surface area contributed by atoms with Gasteiger partial charge in [-0.2, -0.15) is 0 Å². The third kappa shape index (κ3) is 7.52. The molecular formula is C26H26Cl2N2O3. The first kappa shape index (κ1) is 24.6. The zero-order valence-corrected chi connectivity index (χ0v) is 19.9. The number of hydrogen-bond acceptors (Lipinski definition) is 3. The van der Waals surface area contributed by atoms with E-state index in [1.165, 1.54) is 0 Å². The molecule has 0 fully saturated rings. The minimum absolute atomic E-state index is 0.215. The number of benzene rings is 3. The van der Waals surface area contributed by atoms with Crippen molar-refractivity contribution in [2.75, 3.05) is 13.2 Å². The van der Waals surface area contributed by atoms with Crippen molar-refractivity contribution in [1.82, 2.24) is 10.2 Å². The lowest BCUT2D eigenvalue weighted by atomic mass is 10.0. The molecule has 1 unspecified atom stereocenters. The van der Waals surface area contributed by atoms with Crippen molar-refractivity contribution in [2.45, 2.75) is 25.9 Å². The molecule has 33 heavy (non-hydrogen) atoms. The van der Waals surface area contributed by atoms with Crippen LogP contribution in [0.3, 0.4) is 0 Å². The van der Waals surface area contributed by atoms with Crippen molar-refractivity contribution in [2.24, 2.45) is 0 Å². The molecule has 1 N–H and O–H groups in total. The summed E-state index contributed by atoms with van der Waals surface area (Å²) in [5.41, 5.74) is 1.77. The second-order valence-corrected chi connectivity index (χ2v) is 8.37. The van der Waals surface area contributed by atoms with Crippen molar-refractivity contribution in [1.29, 1.82) is 0 Å². The van der Waals surface area contributed by atoms with Crippen LogP contribution in [0.2, 0.25) is 10.0 Å². The molecule has 0 heterocycles. The molecule has 172 valence electrons. The fourth-order valence-corrected chi connectivity index (χ4v) is 3.86. The first-order valence-electron chi connectivity index (χ1n) is 10.7. The number of likely N-dealkylation sites (N-methyl/N-ethyl adjacent to an activating group) is 1. The zero-order valence-electron chi connectivity index (χ0n) is 18.3. The van der Waals surface area contributed by atoms with E-state index in [0.29, 0.717) is 28.8 Å². The fraction of sp³-hybridized carbons (Fsp3) is 0.231. The molecule has 3 aromatic rings. The number of ether oxygens (including phenoxy) is 1. The molecule has 3 rings (SSSR count). The van der Waals surface area contributed by atoms with Gasteiger partial charge in [0, 0.05) is 29.6 Å². The Morgan fingerprint density at radius 3 is 2.24 bits per heavy atom. The summed E-state index contributed by atoms with van der Waals surface area (Å²) in [6.07, 6.45) is 0.371. The lowest BCUT2D eigenvalue weighted by Crippen LogP contribution is -2.51. The number of hydrogen-bond donors (Lipinski definition) is 1. The molecule has 2 amide bonds. The molecule has 0 aliphatic rings. The molecule has 0 aromatic heterocycles. The van der Waals surface area contributed by atoms with Crippen LogP contribution in [0, 0.1) is 0 Å². The van der Waals surface area contributed by atoms with Crippen LogP contribution in [0.25, 0.3) is 0 Å². The normalized spacial score (nSPS) is 11.5. The average Bonchev–Trinajstić information content (AvgIpc) is 2.80. The van der Waals surface area contributed by atoms with Crippen LogP contribution in [0.15, 0.2) is 78.9 Å². The summed E-state index contributed by atoms with van der Waals surface area (Å²) in [4.78, 5) is 28.0. The Hall–Kier alpha value is -3.02. The van der Waals surface area contributed by atoms with Crippen LogP contribution in [0.5, 0.6) is 5.75 Å². The molecule has 0 aliphatic heterocycles. The van der Waals surface area contributed by atoms with Crippen molar-refractivity contribution in [3.63, 3.8) is 0 Å². The molecule has 0 radical (unpaired) electrons. The van der Waals surface area contributed by atoms with Crippen LogP contribution in [-0.4, -0.2) is 35.9 Å². The monoisotopic (exact) mass is 484 g/mol. The van der Waals surface area contributed by atoms with Crippen LogP contribution in [0.1, 0.15) is 18.1 Å². The molecule has 1 atom stereocenters. The number of carbonyl (C=O) groups excluding carboxylic acids is 2. The number of carbonyl (C=O) groups is 2. The van der Waals surface area contributed by atoms with Crippen LogP contribution in [-0.2, 0) is 22.6 Å². The van der Waals surface area contributed by atoms with Gasteiger partial charge in [-0.3, -0.25) is 9.59 Å². The summed E-state index contributed by atoms with van der Waals surface area (Å²) in [6.45, 7) is 2.30. The Morgan fingerprint density at radius 2 is 1.58 bits per heavy atom. The number of nitrogens with zero attached hydrogens (tertiary/aromatic N) is 1. The standard InChI is InChI=1S/C26H26Cl2N2O3/c1-2-29-26(32)24(15-19-8-4-3-5-9-19)30(17-20-10-6-11-21(27)14-20)25(31)18-33-23-13-7-12-22(28)16-23/h3-14,16,24H,2,15,17-18H2,1H3,(H,29,32). The largest absolute Gasteiger partial charge is 0.484 e. The Labute approximate surface area is 204 Å². The van der Waals surface area contributed by atoms with Crippen molar-refractivity contribution in [3.8, 4) is 5.75 Å². The van der Waals surface area contributed by atoms with Crippen LogP contribution in [0.4, 0.5) is 0 Å². The van der Waals surface area contributed by atoms with Gasteiger partial charge in [-0.05, 0) is 48.4 Å². The summed E-state index contributed by atoms with van der Waals surface area (Å²) in [5, 5.41) is 3.94. The van der Waals surface area contributed by atoms with Gasteiger partial charge in [-0.1, -0.05) is 71.7 Å². The fourth-order valence-electron chi connectivity index (χ4n) is 3.46. The highest BCUT2D eigenvalue weighted by Crippen LogP contribution is 2.20. The van der Waals surface area contributed by atoms with Crippen molar-refractivity contribution < 1.29 is 14.3 Å². The summed E-state index contributed by atoms with van der Waals surface area (Å²) in [5.74, 6) is -0.0576. The number of amides is 2. The highest BCUT2D eigenvalue weighted by Gasteiger charge is 2.30. The minimum atomic E-state index is -0.721. The van der Waals surface area contributed by atoms with E-state index in [1.807, 2.05) is 49.4 Å².